The Bertz CT molecular complexity index is 298. The number of nitrogens with one attached hydrogen (secondary N) is 1. The second-order valence-corrected chi connectivity index (χ2v) is 6.15. The van der Waals surface area contributed by atoms with E-state index in [0.717, 1.165) is 77.8 Å². The number of amides is 1. The van der Waals surface area contributed by atoms with Crippen molar-refractivity contribution in [3.8, 4) is 0 Å². The lowest BCUT2D eigenvalue weighted by molar-refractivity contribution is -0.133. The minimum Gasteiger partial charge on any atom is -0.380 e. The molecule has 2 aliphatic rings. The quantitative estimate of drug-likeness (QED) is 0.711. The van der Waals surface area contributed by atoms with Gasteiger partial charge in [-0.25, -0.2) is 0 Å². The monoisotopic (exact) mass is 297 g/mol. The number of piperidine rings is 1. The van der Waals surface area contributed by atoms with Crippen molar-refractivity contribution >= 4 is 5.91 Å². The molecule has 0 aromatic rings. The average molecular weight is 297 g/mol. The number of piperazine rings is 1. The van der Waals surface area contributed by atoms with Crippen LogP contribution >= 0.6 is 0 Å². The van der Waals surface area contributed by atoms with Crippen LogP contribution < -0.4 is 5.32 Å². The predicted octanol–water partition coefficient (Wildman–Crippen LogP) is 0.947. The molecule has 0 radical (unpaired) electrons. The molecule has 2 saturated heterocycles. The highest BCUT2D eigenvalue weighted by molar-refractivity contribution is 5.76. The minimum absolute atomic E-state index is 0.359. The first kappa shape index (κ1) is 16.7. The molecule has 2 rings (SSSR count). The van der Waals surface area contributed by atoms with Crippen LogP contribution in [0.3, 0.4) is 0 Å². The molecule has 0 aromatic heterocycles. The van der Waals surface area contributed by atoms with Crippen molar-refractivity contribution in [2.75, 3.05) is 59.0 Å². The fourth-order valence-corrected chi connectivity index (χ4v) is 3.21. The summed E-state index contributed by atoms with van der Waals surface area (Å²) in [4.78, 5) is 16.7. The molecule has 0 spiro atoms. The van der Waals surface area contributed by atoms with Gasteiger partial charge in [0.2, 0.25) is 5.91 Å². The van der Waals surface area contributed by atoms with E-state index in [-0.39, 0.29) is 0 Å². The smallest absolute Gasteiger partial charge is 0.222 e. The summed E-state index contributed by atoms with van der Waals surface area (Å²) in [7, 11) is 0. The van der Waals surface area contributed by atoms with Crippen LogP contribution in [0.1, 0.15) is 32.6 Å². The van der Waals surface area contributed by atoms with Crippen LogP contribution in [0.4, 0.5) is 0 Å². The van der Waals surface area contributed by atoms with E-state index in [4.69, 9.17) is 4.74 Å². The van der Waals surface area contributed by atoms with Gasteiger partial charge in [-0.3, -0.25) is 9.69 Å². The third-order valence-electron chi connectivity index (χ3n) is 4.71. The third kappa shape index (κ3) is 5.93. The highest BCUT2D eigenvalue weighted by Gasteiger charge is 2.22. The second kappa shape index (κ2) is 9.38. The summed E-state index contributed by atoms with van der Waals surface area (Å²) in [5, 5.41) is 3.38. The average Bonchev–Trinajstić information content (AvgIpc) is 2.54. The van der Waals surface area contributed by atoms with Crippen LogP contribution in [0.25, 0.3) is 0 Å². The molecule has 5 heteroatoms. The summed E-state index contributed by atoms with van der Waals surface area (Å²) in [6.07, 6.45) is 4.28. The van der Waals surface area contributed by atoms with Crippen LogP contribution in [-0.4, -0.2) is 74.7 Å². The molecule has 5 nitrogen and oxygen atoms in total. The highest BCUT2D eigenvalue weighted by atomic mass is 16.5. The molecule has 2 aliphatic heterocycles. The molecule has 21 heavy (non-hydrogen) atoms. The Kier molecular flexibility index (Phi) is 7.47. The van der Waals surface area contributed by atoms with Crippen LogP contribution in [0.15, 0.2) is 0 Å². The van der Waals surface area contributed by atoms with Gasteiger partial charge in [0.25, 0.3) is 0 Å². The molecule has 0 aliphatic carbocycles. The first-order valence-corrected chi connectivity index (χ1v) is 8.58. The van der Waals surface area contributed by atoms with E-state index in [1.807, 2.05) is 6.92 Å². The lowest BCUT2D eigenvalue weighted by atomic mass is 9.93. The Balaban J connectivity index is 1.59. The number of ether oxygens (including phenoxy) is 1. The van der Waals surface area contributed by atoms with Gasteiger partial charge in [-0.05, 0) is 45.2 Å². The summed E-state index contributed by atoms with van der Waals surface area (Å²) in [6.45, 7) is 10.6. The van der Waals surface area contributed by atoms with Crippen LogP contribution in [0.2, 0.25) is 0 Å². The lowest BCUT2D eigenvalue weighted by Gasteiger charge is -2.35. The molecule has 0 unspecified atom stereocenters. The second-order valence-electron chi connectivity index (χ2n) is 6.15. The van der Waals surface area contributed by atoms with Crippen molar-refractivity contribution in [2.45, 2.75) is 32.6 Å². The SMILES string of the molecule is CCOCCN1CCN(C(=O)CCC2CCNCC2)CC1. The molecule has 0 aromatic carbocycles. The van der Waals surface area contributed by atoms with Gasteiger partial charge in [0, 0.05) is 45.8 Å². The molecule has 122 valence electrons. The Morgan fingerprint density at radius 1 is 1.19 bits per heavy atom. The minimum atomic E-state index is 0.359. The topological polar surface area (TPSA) is 44.8 Å². The van der Waals surface area contributed by atoms with E-state index < -0.39 is 0 Å². The van der Waals surface area contributed by atoms with Gasteiger partial charge in [0.1, 0.15) is 0 Å². The summed E-state index contributed by atoms with van der Waals surface area (Å²) in [6, 6.07) is 0. The number of hydrogen-bond acceptors (Lipinski definition) is 4. The van der Waals surface area contributed by atoms with Crippen molar-refractivity contribution in [3.05, 3.63) is 0 Å². The summed E-state index contributed by atoms with van der Waals surface area (Å²) in [5.41, 5.74) is 0. The molecular formula is C16H31N3O2. The molecule has 0 atom stereocenters. The Morgan fingerprint density at radius 3 is 2.57 bits per heavy atom. The first-order chi connectivity index (χ1) is 10.3. The van der Waals surface area contributed by atoms with Crippen molar-refractivity contribution in [3.63, 3.8) is 0 Å². The maximum absolute atomic E-state index is 12.3. The maximum Gasteiger partial charge on any atom is 0.222 e. The van der Waals surface area contributed by atoms with E-state index in [2.05, 4.69) is 15.1 Å². The van der Waals surface area contributed by atoms with Gasteiger partial charge in [-0.1, -0.05) is 0 Å². The molecule has 1 N–H and O–H groups in total. The van der Waals surface area contributed by atoms with Gasteiger partial charge in [0.15, 0.2) is 0 Å². The fourth-order valence-electron chi connectivity index (χ4n) is 3.21. The van der Waals surface area contributed by atoms with E-state index in [1.165, 1.54) is 12.8 Å². The van der Waals surface area contributed by atoms with Crippen LogP contribution in [0.5, 0.6) is 0 Å². The van der Waals surface area contributed by atoms with Crippen molar-refractivity contribution < 1.29 is 9.53 Å². The molecule has 1 amide bonds. The zero-order chi connectivity index (χ0) is 14.9. The maximum atomic E-state index is 12.3. The fraction of sp³-hybridized carbons (Fsp3) is 0.938. The van der Waals surface area contributed by atoms with Crippen molar-refractivity contribution in [1.82, 2.24) is 15.1 Å². The summed E-state index contributed by atoms with van der Waals surface area (Å²) in [5.74, 6) is 1.11. The largest absolute Gasteiger partial charge is 0.380 e. The van der Waals surface area contributed by atoms with Crippen molar-refractivity contribution in [2.24, 2.45) is 5.92 Å². The zero-order valence-electron chi connectivity index (χ0n) is 13.5. The van der Waals surface area contributed by atoms with Crippen molar-refractivity contribution in [1.29, 1.82) is 0 Å². The summed E-state index contributed by atoms with van der Waals surface area (Å²) >= 11 is 0. The van der Waals surface area contributed by atoms with E-state index >= 15 is 0 Å². The number of carbonyl (C=O) groups is 1. The number of rotatable bonds is 7. The van der Waals surface area contributed by atoms with E-state index in [9.17, 15) is 4.79 Å². The number of carbonyl (C=O) groups excluding carboxylic acids is 1. The normalized spacial score (nSPS) is 21.7. The summed E-state index contributed by atoms with van der Waals surface area (Å²) < 4.78 is 5.39. The van der Waals surface area contributed by atoms with Gasteiger partial charge >= 0.3 is 0 Å². The Labute approximate surface area is 129 Å². The third-order valence-corrected chi connectivity index (χ3v) is 4.71. The molecular weight excluding hydrogens is 266 g/mol. The molecule has 0 bridgehead atoms. The standard InChI is InChI=1S/C16H31N3O2/c1-2-21-14-13-18-9-11-19(12-10-18)16(20)4-3-15-5-7-17-8-6-15/h15,17H,2-14H2,1H3. The Hall–Kier alpha value is -0.650. The predicted molar refractivity (Wildman–Crippen MR) is 84.3 cm³/mol. The van der Waals surface area contributed by atoms with Crippen LogP contribution in [-0.2, 0) is 9.53 Å². The van der Waals surface area contributed by atoms with Gasteiger partial charge in [0.05, 0.1) is 6.61 Å². The Morgan fingerprint density at radius 2 is 1.90 bits per heavy atom. The van der Waals surface area contributed by atoms with Gasteiger partial charge in [-0.2, -0.15) is 0 Å². The van der Waals surface area contributed by atoms with E-state index in [0.29, 0.717) is 5.91 Å². The highest BCUT2D eigenvalue weighted by Crippen LogP contribution is 2.18. The molecule has 2 heterocycles. The zero-order valence-corrected chi connectivity index (χ0v) is 13.5. The van der Waals surface area contributed by atoms with Crippen LogP contribution in [0, 0.1) is 5.92 Å². The lowest BCUT2D eigenvalue weighted by Crippen LogP contribution is -2.49. The van der Waals surface area contributed by atoms with Gasteiger partial charge < -0.3 is 15.0 Å². The molecule has 2 fully saturated rings. The number of nitrogens with zero attached hydrogens (tertiary/aromatic N) is 2. The number of hydrogen-bond donors (Lipinski definition) is 1. The molecule has 0 saturated carbocycles. The van der Waals surface area contributed by atoms with E-state index in [1.54, 1.807) is 0 Å². The van der Waals surface area contributed by atoms with Gasteiger partial charge in [-0.15, -0.1) is 0 Å². The first-order valence-electron chi connectivity index (χ1n) is 8.58.